The molecule has 1 amide bonds. The molecule has 150 valence electrons. The number of aliphatic hydroxyl groups is 1. The third kappa shape index (κ3) is 4.36. The molecule has 3 rings (SSSR count). The number of amides is 1. The van der Waals surface area contributed by atoms with Crippen LogP contribution in [0.5, 0.6) is 0 Å². The van der Waals surface area contributed by atoms with E-state index in [0.29, 0.717) is 43.9 Å². The molecule has 1 heterocycles. The molecule has 27 heavy (non-hydrogen) atoms. The zero-order valence-corrected chi connectivity index (χ0v) is 16.9. The van der Waals surface area contributed by atoms with Crippen LogP contribution in [0.1, 0.15) is 43.7 Å². The molecule has 1 saturated heterocycles. The average Bonchev–Trinajstić information content (AvgIpc) is 2.71. The Balaban J connectivity index is 1.67. The Labute approximate surface area is 162 Å². The number of likely N-dealkylation sites (N-methyl/N-ethyl adjacent to an activating group) is 1. The maximum atomic E-state index is 13.0. The molecule has 0 radical (unpaired) electrons. The van der Waals surface area contributed by atoms with Gasteiger partial charge in [-0.05, 0) is 68.7 Å². The van der Waals surface area contributed by atoms with Crippen LogP contribution in [0.25, 0.3) is 0 Å². The monoisotopic (exact) mass is 394 g/mol. The molecule has 0 saturated carbocycles. The number of hydrogen-bond acceptors (Lipinski definition) is 4. The summed E-state index contributed by atoms with van der Waals surface area (Å²) in [6, 6.07) is 5.55. The number of nitrogens with zero attached hydrogens (tertiary/aromatic N) is 2. The number of piperidine rings is 1. The number of sulfonamides is 1. The third-order valence-corrected chi connectivity index (χ3v) is 7.72. The number of carbonyl (C=O) groups excluding carboxylic acids is 1. The minimum atomic E-state index is -3.51. The first-order valence-corrected chi connectivity index (χ1v) is 11.4. The van der Waals surface area contributed by atoms with Crippen molar-refractivity contribution in [1.82, 2.24) is 9.21 Å². The van der Waals surface area contributed by atoms with Gasteiger partial charge in [0, 0.05) is 32.1 Å². The molecule has 0 unspecified atom stereocenters. The second-order valence-corrected chi connectivity index (χ2v) is 9.40. The number of aliphatic hydroxyl groups excluding tert-OH is 1. The third-order valence-electron chi connectivity index (χ3n) is 5.82. The van der Waals surface area contributed by atoms with Crippen molar-refractivity contribution in [3.63, 3.8) is 0 Å². The number of aryl methyl sites for hydroxylation is 2. The molecule has 1 aromatic carbocycles. The van der Waals surface area contributed by atoms with Gasteiger partial charge in [-0.3, -0.25) is 4.79 Å². The van der Waals surface area contributed by atoms with E-state index in [2.05, 4.69) is 0 Å². The first kappa shape index (κ1) is 20.3. The summed E-state index contributed by atoms with van der Waals surface area (Å²) in [5.74, 6) is -0.135. The minimum absolute atomic E-state index is 0.0254. The fourth-order valence-electron chi connectivity index (χ4n) is 4.17. The van der Waals surface area contributed by atoms with Crippen LogP contribution in [0.15, 0.2) is 23.1 Å². The van der Waals surface area contributed by atoms with Gasteiger partial charge in [0.2, 0.25) is 15.9 Å². The van der Waals surface area contributed by atoms with Gasteiger partial charge in [-0.2, -0.15) is 4.31 Å². The van der Waals surface area contributed by atoms with E-state index in [0.717, 1.165) is 24.8 Å². The Morgan fingerprint density at radius 2 is 1.85 bits per heavy atom. The van der Waals surface area contributed by atoms with E-state index in [1.54, 1.807) is 11.0 Å². The minimum Gasteiger partial charge on any atom is -0.395 e. The van der Waals surface area contributed by atoms with Crippen LogP contribution in [-0.2, 0) is 27.7 Å². The van der Waals surface area contributed by atoms with E-state index in [1.807, 2.05) is 19.1 Å². The van der Waals surface area contributed by atoms with E-state index in [1.165, 1.54) is 16.3 Å². The maximum Gasteiger partial charge on any atom is 0.243 e. The molecule has 6 nitrogen and oxygen atoms in total. The number of carbonyl (C=O) groups is 1. The van der Waals surface area contributed by atoms with Gasteiger partial charge < -0.3 is 10.0 Å². The van der Waals surface area contributed by atoms with Crippen LogP contribution < -0.4 is 0 Å². The highest BCUT2D eigenvalue weighted by Gasteiger charge is 2.33. The summed E-state index contributed by atoms with van der Waals surface area (Å²) in [5.41, 5.74) is 2.43. The molecule has 0 aromatic heterocycles. The first-order chi connectivity index (χ1) is 13.0. The summed E-state index contributed by atoms with van der Waals surface area (Å²) in [4.78, 5) is 14.6. The fourth-order valence-corrected chi connectivity index (χ4v) is 5.69. The van der Waals surface area contributed by atoms with Crippen molar-refractivity contribution in [2.75, 3.05) is 32.8 Å². The number of hydrogen-bond donors (Lipinski definition) is 1. The quantitative estimate of drug-likeness (QED) is 0.798. The lowest BCUT2D eigenvalue weighted by molar-refractivity contribution is -0.137. The topological polar surface area (TPSA) is 77.9 Å². The van der Waals surface area contributed by atoms with Crippen LogP contribution in [0, 0.1) is 5.92 Å². The highest BCUT2D eigenvalue weighted by molar-refractivity contribution is 7.89. The van der Waals surface area contributed by atoms with E-state index in [9.17, 15) is 13.2 Å². The molecule has 0 bridgehead atoms. The number of benzene rings is 1. The van der Waals surface area contributed by atoms with Crippen molar-refractivity contribution >= 4 is 15.9 Å². The zero-order valence-electron chi connectivity index (χ0n) is 16.1. The van der Waals surface area contributed by atoms with Crippen molar-refractivity contribution in [3.05, 3.63) is 29.3 Å². The lowest BCUT2D eigenvalue weighted by atomic mass is 9.92. The van der Waals surface area contributed by atoms with Crippen molar-refractivity contribution < 1.29 is 18.3 Å². The first-order valence-electron chi connectivity index (χ1n) is 9.99. The van der Waals surface area contributed by atoms with Gasteiger partial charge in [0.05, 0.1) is 11.5 Å². The van der Waals surface area contributed by atoms with Crippen molar-refractivity contribution in [2.45, 2.75) is 50.3 Å². The summed E-state index contributed by atoms with van der Waals surface area (Å²) in [5, 5.41) is 9.09. The van der Waals surface area contributed by atoms with E-state index in [4.69, 9.17) is 5.11 Å². The van der Waals surface area contributed by atoms with Gasteiger partial charge in [-0.1, -0.05) is 6.07 Å². The molecule has 1 aromatic rings. The second kappa shape index (κ2) is 8.71. The Bertz CT molecular complexity index is 770. The molecule has 0 spiro atoms. The fraction of sp³-hybridized carbons (Fsp3) is 0.650. The molecule has 2 aliphatic rings. The highest BCUT2D eigenvalue weighted by atomic mass is 32.2. The lowest BCUT2D eigenvalue weighted by Gasteiger charge is -2.33. The summed E-state index contributed by atoms with van der Waals surface area (Å²) in [6.07, 6.45) is 5.34. The standard InChI is InChI=1S/C20H30N2O4S/c1-2-21(13-14-23)20(24)17-9-11-22(12-10-17)27(25,26)19-8-7-16-5-3-4-6-18(16)15-19/h7-8,15,17,23H,2-6,9-14H2,1H3. The Kier molecular flexibility index (Phi) is 6.55. The van der Waals surface area contributed by atoms with Crippen LogP contribution in [0.3, 0.4) is 0 Å². The summed E-state index contributed by atoms with van der Waals surface area (Å²) in [6.45, 7) is 3.48. The molecule has 1 aliphatic carbocycles. The van der Waals surface area contributed by atoms with Crippen LogP contribution in [0.4, 0.5) is 0 Å². The summed E-state index contributed by atoms with van der Waals surface area (Å²) in [7, 11) is -3.51. The van der Waals surface area contributed by atoms with Crippen molar-refractivity contribution in [3.8, 4) is 0 Å². The van der Waals surface area contributed by atoms with Gasteiger partial charge in [0.25, 0.3) is 0 Å². The predicted octanol–water partition coefficient (Wildman–Crippen LogP) is 1.81. The van der Waals surface area contributed by atoms with Crippen molar-refractivity contribution in [1.29, 1.82) is 0 Å². The second-order valence-electron chi connectivity index (χ2n) is 7.46. The molecule has 0 atom stereocenters. The molecule has 7 heteroatoms. The van der Waals surface area contributed by atoms with E-state index < -0.39 is 10.0 Å². The van der Waals surface area contributed by atoms with Gasteiger partial charge in [-0.15, -0.1) is 0 Å². The largest absolute Gasteiger partial charge is 0.395 e. The summed E-state index contributed by atoms with van der Waals surface area (Å²) >= 11 is 0. The van der Waals surface area contributed by atoms with Crippen LogP contribution in [0.2, 0.25) is 0 Å². The van der Waals surface area contributed by atoms with Crippen LogP contribution >= 0.6 is 0 Å². The average molecular weight is 395 g/mol. The number of fused-ring (bicyclic) bond motifs is 1. The Hall–Kier alpha value is -1.44. The van der Waals surface area contributed by atoms with Crippen molar-refractivity contribution in [2.24, 2.45) is 5.92 Å². The van der Waals surface area contributed by atoms with Gasteiger partial charge >= 0.3 is 0 Å². The highest BCUT2D eigenvalue weighted by Crippen LogP contribution is 2.28. The SMILES string of the molecule is CCN(CCO)C(=O)C1CCN(S(=O)(=O)c2ccc3c(c2)CCCC3)CC1. The van der Waals surface area contributed by atoms with Gasteiger partial charge in [-0.25, -0.2) is 8.42 Å². The number of rotatable bonds is 6. The lowest BCUT2D eigenvalue weighted by Crippen LogP contribution is -2.45. The molecule has 1 aliphatic heterocycles. The normalized spacial score (nSPS) is 18.9. The summed E-state index contributed by atoms with van der Waals surface area (Å²) < 4.78 is 27.6. The molecule has 1 fully saturated rings. The smallest absolute Gasteiger partial charge is 0.243 e. The van der Waals surface area contributed by atoms with E-state index in [-0.39, 0.29) is 18.4 Å². The molecule has 1 N–H and O–H groups in total. The molecular formula is C20H30N2O4S. The predicted molar refractivity (Wildman–Crippen MR) is 104 cm³/mol. The van der Waals surface area contributed by atoms with Crippen LogP contribution in [-0.4, -0.2) is 61.4 Å². The maximum absolute atomic E-state index is 13.0. The zero-order chi connectivity index (χ0) is 19.4. The molecular weight excluding hydrogens is 364 g/mol. The Morgan fingerprint density at radius 3 is 2.48 bits per heavy atom. The van der Waals surface area contributed by atoms with E-state index >= 15 is 0 Å². The van der Waals surface area contributed by atoms with Gasteiger partial charge in [0.1, 0.15) is 0 Å². The van der Waals surface area contributed by atoms with Gasteiger partial charge in [0.15, 0.2) is 0 Å². The Morgan fingerprint density at radius 1 is 1.19 bits per heavy atom.